The van der Waals surface area contributed by atoms with Crippen molar-refractivity contribution in [1.29, 1.82) is 0 Å². The highest BCUT2D eigenvalue weighted by molar-refractivity contribution is 7.10. The minimum atomic E-state index is -0.558. The highest BCUT2D eigenvalue weighted by Crippen LogP contribution is 2.37. The van der Waals surface area contributed by atoms with E-state index in [0.717, 1.165) is 87.9 Å². The Balaban J connectivity index is 0.867. The van der Waals surface area contributed by atoms with Crippen LogP contribution < -0.4 is 20.7 Å². The first-order valence-electron chi connectivity index (χ1n) is 22.1. The van der Waals surface area contributed by atoms with Crippen molar-refractivity contribution in [2.45, 2.75) is 141 Å². The van der Waals surface area contributed by atoms with E-state index >= 15 is 0 Å². The molecule has 1 aliphatic carbocycles. The molecule has 14 nitrogen and oxygen atoms in total. The van der Waals surface area contributed by atoms with E-state index in [0.29, 0.717) is 41.5 Å². The van der Waals surface area contributed by atoms with Crippen LogP contribution >= 0.6 is 11.3 Å². The lowest BCUT2D eigenvalue weighted by Crippen LogP contribution is -2.55. The van der Waals surface area contributed by atoms with Gasteiger partial charge in [0.2, 0.25) is 17.6 Å². The first kappa shape index (κ1) is 44.7. The van der Waals surface area contributed by atoms with Gasteiger partial charge in [0.15, 0.2) is 5.82 Å². The molecule has 0 unspecified atom stereocenters. The van der Waals surface area contributed by atoms with Crippen LogP contribution in [0.4, 0.5) is 5.82 Å². The lowest BCUT2D eigenvalue weighted by molar-refractivity contribution is -0.139. The maximum Gasteiger partial charge on any atom is 0.260 e. The number of carbonyl (C=O) groups is 4. The van der Waals surface area contributed by atoms with Gasteiger partial charge in [-0.25, -0.2) is 4.98 Å². The Morgan fingerprint density at radius 3 is 2.42 bits per heavy atom. The van der Waals surface area contributed by atoms with Gasteiger partial charge in [0, 0.05) is 42.0 Å². The van der Waals surface area contributed by atoms with Crippen molar-refractivity contribution >= 4 is 40.7 Å². The van der Waals surface area contributed by atoms with Gasteiger partial charge in [-0.1, -0.05) is 76.3 Å². The van der Waals surface area contributed by atoms with Crippen molar-refractivity contribution in [1.82, 2.24) is 40.5 Å². The molecule has 324 valence electrons. The molecule has 6 rings (SSSR count). The molecule has 1 aliphatic heterocycles. The van der Waals surface area contributed by atoms with E-state index in [-0.39, 0.29) is 35.5 Å². The molecular weight excluding hydrogens is 779 g/mol. The normalized spacial score (nSPS) is 16.7. The van der Waals surface area contributed by atoms with Crippen LogP contribution in [0.25, 0.3) is 0 Å². The highest BCUT2D eigenvalue weighted by atomic mass is 32.1. The second-order valence-electron chi connectivity index (χ2n) is 16.4. The number of ether oxygens (including phenoxy) is 1. The van der Waals surface area contributed by atoms with E-state index < -0.39 is 12.1 Å². The fourth-order valence-electron chi connectivity index (χ4n) is 8.22. The summed E-state index contributed by atoms with van der Waals surface area (Å²) in [5.74, 6) is 0.721. The fraction of sp³-hybridized carbons (Fsp3) is 0.578. The number of aromatic amines is 1. The average Bonchev–Trinajstić information content (AvgIpc) is 4.11. The summed E-state index contributed by atoms with van der Waals surface area (Å²) in [6.45, 7) is 5.69. The molecule has 4 heterocycles. The average molecular weight is 842 g/mol. The molecule has 0 spiro atoms. The molecule has 0 radical (unpaired) electrons. The molecule has 1 saturated carbocycles. The van der Waals surface area contributed by atoms with Gasteiger partial charge in [0.05, 0.1) is 30.5 Å². The third kappa shape index (κ3) is 12.6. The summed E-state index contributed by atoms with van der Waals surface area (Å²) in [5.41, 5.74) is 2.32. The predicted octanol–water partition coefficient (Wildman–Crippen LogP) is 7.78. The Bertz CT molecular complexity index is 2000. The molecule has 3 atom stereocenters. The number of amides is 3. The number of benzene rings is 1. The number of anilines is 1. The van der Waals surface area contributed by atoms with Crippen molar-refractivity contribution < 1.29 is 23.9 Å². The van der Waals surface area contributed by atoms with Crippen LogP contribution in [-0.4, -0.2) is 85.6 Å². The van der Waals surface area contributed by atoms with Crippen molar-refractivity contribution in [3.63, 3.8) is 0 Å². The molecule has 4 N–H and O–H groups in total. The van der Waals surface area contributed by atoms with Crippen LogP contribution in [0.3, 0.4) is 0 Å². The lowest BCUT2D eigenvalue weighted by atomic mass is 9.83. The zero-order valence-electron chi connectivity index (χ0n) is 35.5. The van der Waals surface area contributed by atoms with Gasteiger partial charge < -0.3 is 25.6 Å². The first-order chi connectivity index (χ1) is 29.2. The van der Waals surface area contributed by atoms with E-state index in [1.54, 1.807) is 49.9 Å². The van der Waals surface area contributed by atoms with E-state index in [4.69, 9.17) is 9.72 Å². The van der Waals surface area contributed by atoms with Gasteiger partial charge in [-0.05, 0) is 77.5 Å². The Labute approximate surface area is 358 Å². The van der Waals surface area contributed by atoms with E-state index in [1.807, 2.05) is 28.6 Å². The SMILES string of the molecule is CN[C@@H](C)C(=O)N[C@H](C(=O)N1CCC[C@H]1c1nc(C(=O)c2cccc(OCCCCCCCCCCCn3cc(C(=O)Nc4cc(C)[nH]n4)cn3)c2)cs1)C1CCCCC1. The molecular formula is C45H63N9O5S. The molecule has 2 fully saturated rings. The monoisotopic (exact) mass is 841 g/mol. The molecule has 15 heteroatoms. The standard InChI is InChI=1S/C45H63N9O5S/c1-31-26-39(52-51-31)49-43(57)35-28-47-53(29-35)23-14-9-7-5-4-6-8-10-15-25-59-36-21-16-20-34(27-36)41(55)37-30-60-44(48-37)38-22-17-24-54(38)45(58)40(33-18-12-11-13-19-33)50-42(56)32(2)46-3/h16,20-21,26-30,32-33,38,40,46H,4-15,17-19,22-25H2,1-3H3,(H,50,56)(H2,49,51,52,57)/t32-,38-,40-/m0/s1. The second-order valence-corrected chi connectivity index (χ2v) is 17.3. The molecule has 4 aromatic rings. The van der Waals surface area contributed by atoms with Crippen LogP contribution in [-0.2, 0) is 16.1 Å². The summed E-state index contributed by atoms with van der Waals surface area (Å²) in [6.07, 6.45) is 20.4. The lowest BCUT2D eigenvalue weighted by Gasteiger charge is -2.35. The topological polar surface area (TPSA) is 176 Å². The maximum atomic E-state index is 14.2. The Morgan fingerprint density at radius 1 is 0.933 bits per heavy atom. The van der Waals surface area contributed by atoms with Gasteiger partial charge in [-0.15, -0.1) is 11.3 Å². The summed E-state index contributed by atoms with van der Waals surface area (Å²) >= 11 is 1.42. The molecule has 3 amide bonds. The van der Waals surface area contributed by atoms with Crippen LogP contribution in [0.15, 0.2) is 48.1 Å². The Kier molecular flexibility index (Phi) is 16.8. The van der Waals surface area contributed by atoms with Crippen LogP contribution in [0.1, 0.15) is 153 Å². The fourth-order valence-corrected chi connectivity index (χ4v) is 9.17. The second kappa shape index (κ2) is 22.6. The quantitative estimate of drug-likeness (QED) is 0.0429. The van der Waals surface area contributed by atoms with E-state index in [1.165, 1.54) is 43.4 Å². The zero-order valence-corrected chi connectivity index (χ0v) is 36.4. The molecule has 1 aromatic carbocycles. The zero-order chi connectivity index (χ0) is 42.3. The maximum absolute atomic E-state index is 14.2. The number of H-pyrrole nitrogens is 1. The number of ketones is 1. The highest BCUT2D eigenvalue weighted by Gasteiger charge is 2.40. The van der Waals surface area contributed by atoms with Gasteiger partial charge in [-0.3, -0.25) is 29.0 Å². The summed E-state index contributed by atoms with van der Waals surface area (Å²) in [5, 5.41) is 22.6. The van der Waals surface area contributed by atoms with Gasteiger partial charge in [-0.2, -0.15) is 10.2 Å². The minimum Gasteiger partial charge on any atom is -0.494 e. The number of hydrogen-bond acceptors (Lipinski definition) is 10. The van der Waals surface area contributed by atoms with Crippen molar-refractivity contribution in [2.24, 2.45) is 5.92 Å². The van der Waals surface area contributed by atoms with Crippen molar-refractivity contribution in [3.05, 3.63) is 75.6 Å². The third-order valence-corrected chi connectivity index (χ3v) is 12.8. The number of unbranched alkanes of at least 4 members (excludes halogenated alkanes) is 8. The summed E-state index contributed by atoms with van der Waals surface area (Å²) in [6, 6.07) is 7.94. The van der Waals surface area contributed by atoms with Gasteiger partial charge in [0.1, 0.15) is 22.5 Å². The van der Waals surface area contributed by atoms with Crippen LogP contribution in [0, 0.1) is 12.8 Å². The molecule has 3 aromatic heterocycles. The van der Waals surface area contributed by atoms with Crippen LogP contribution in [0.2, 0.25) is 0 Å². The third-order valence-electron chi connectivity index (χ3n) is 11.8. The minimum absolute atomic E-state index is 0.0370. The van der Waals surface area contributed by atoms with Gasteiger partial charge >= 0.3 is 0 Å². The largest absolute Gasteiger partial charge is 0.494 e. The number of likely N-dealkylation sites (tertiary alicyclic amines) is 1. The molecule has 1 saturated heterocycles. The predicted molar refractivity (Wildman–Crippen MR) is 233 cm³/mol. The number of nitrogens with zero attached hydrogens (tertiary/aromatic N) is 5. The first-order valence-corrected chi connectivity index (χ1v) is 22.9. The van der Waals surface area contributed by atoms with Gasteiger partial charge in [0.25, 0.3) is 5.91 Å². The number of aromatic nitrogens is 5. The van der Waals surface area contributed by atoms with E-state index in [9.17, 15) is 19.2 Å². The van der Waals surface area contributed by atoms with Crippen LogP contribution in [0.5, 0.6) is 5.75 Å². The van der Waals surface area contributed by atoms with Crippen molar-refractivity contribution in [2.75, 3.05) is 25.5 Å². The molecule has 60 heavy (non-hydrogen) atoms. The van der Waals surface area contributed by atoms with E-state index in [2.05, 4.69) is 31.2 Å². The number of aryl methyl sites for hydroxylation is 2. The number of thiazole rings is 1. The Morgan fingerprint density at radius 2 is 1.68 bits per heavy atom. The van der Waals surface area contributed by atoms with Crippen molar-refractivity contribution in [3.8, 4) is 5.75 Å². The number of hydrogen-bond donors (Lipinski definition) is 4. The summed E-state index contributed by atoms with van der Waals surface area (Å²) in [7, 11) is 1.75. The summed E-state index contributed by atoms with van der Waals surface area (Å²) in [4.78, 5) is 59.8. The molecule has 2 aliphatic rings. The smallest absolute Gasteiger partial charge is 0.260 e. The molecule has 0 bridgehead atoms. The Hall–Kier alpha value is -4.89. The summed E-state index contributed by atoms with van der Waals surface area (Å²) < 4.78 is 7.88. The number of carbonyl (C=O) groups excluding carboxylic acids is 4. The number of rotatable bonds is 23. The number of likely N-dealkylation sites (N-methyl/N-ethyl adjacent to an activating group) is 1. The number of nitrogens with one attached hydrogen (secondary N) is 4.